The Morgan fingerprint density at radius 2 is 1.87 bits per heavy atom. The Morgan fingerprint density at radius 1 is 1.13 bits per heavy atom. The molecule has 1 atom stereocenters. The third-order valence-electron chi connectivity index (χ3n) is 5.71. The van der Waals surface area contributed by atoms with Gasteiger partial charge in [0.1, 0.15) is 0 Å². The number of halogens is 3. The van der Waals surface area contributed by atoms with Gasteiger partial charge in [-0.15, -0.1) is 6.58 Å². The highest BCUT2D eigenvalue weighted by Gasteiger charge is 2.22. The molecule has 0 saturated heterocycles. The smallest absolute Gasteiger partial charge is 0.174 e. The molecule has 0 radical (unpaired) electrons. The summed E-state index contributed by atoms with van der Waals surface area (Å²) in [6.07, 6.45) is 4.64. The van der Waals surface area contributed by atoms with Crippen molar-refractivity contribution in [2.75, 3.05) is 6.61 Å². The van der Waals surface area contributed by atoms with Crippen LogP contribution in [-0.4, -0.2) is 11.7 Å². The second kappa shape index (κ2) is 10.5. The third-order valence-corrected chi connectivity index (χ3v) is 5.71. The zero-order valence-corrected chi connectivity index (χ0v) is 17.6. The van der Waals surface area contributed by atoms with Gasteiger partial charge in [-0.25, -0.2) is 13.2 Å². The van der Waals surface area contributed by atoms with Crippen LogP contribution in [0, 0.1) is 35.2 Å². The van der Waals surface area contributed by atoms with Crippen LogP contribution in [0.5, 0.6) is 5.75 Å². The SMILES string of the molecule is C=CCCOc1ccc(C2CCC(C#Cc3ccc(C(C)O)c(F)c3F)CC2)cc1F. The van der Waals surface area contributed by atoms with Crippen molar-refractivity contribution < 1.29 is 23.0 Å². The predicted molar refractivity (Wildman–Crippen MR) is 115 cm³/mol. The summed E-state index contributed by atoms with van der Waals surface area (Å²) in [5, 5.41) is 9.48. The maximum absolute atomic E-state index is 14.3. The highest BCUT2D eigenvalue weighted by molar-refractivity contribution is 5.39. The zero-order chi connectivity index (χ0) is 22.4. The second-order valence-corrected chi connectivity index (χ2v) is 7.94. The first-order valence-corrected chi connectivity index (χ1v) is 10.6. The summed E-state index contributed by atoms with van der Waals surface area (Å²) in [5.74, 6) is 3.96. The molecule has 31 heavy (non-hydrogen) atoms. The quantitative estimate of drug-likeness (QED) is 0.326. The first-order valence-electron chi connectivity index (χ1n) is 10.6. The summed E-state index contributed by atoms with van der Waals surface area (Å²) in [6, 6.07) is 7.89. The lowest BCUT2D eigenvalue weighted by Crippen LogP contribution is -2.12. The number of hydrogen-bond donors (Lipinski definition) is 1. The fourth-order valence-electron chi connectivity index (χ4n) is 3.87. The molecule has 0 aromatic heterocycles. The summed E-state index contributed by atoms with van der Waals surface area (Å²) < 4.78 is 47.9. The van der Waals surface area contributed by atoms with Crippen LogP contribution in [-0.2, 0) is 0 Å². The van der Waals surface area contributed by atoms with E-state index in [0.29, 0.717) is 13.0 Å². The van der Waals surface area contributed by atoms with Crippen LogP contribution in [0.2, 0.25) is 0 Å². The molecule has 1 aliphatic carbocycles. The molecule has 2 nitrogen and oxygen atoms in total. The van der Waals surface area contributed by atoms with Gasteiger partial charge in [0.2, 0.25) is 0 Å². The van der Waals surface area contributed by atoms with Crippen molar-refractivity contribution in [1.82, 2.24) is 0 Å². The Hall–Kier alpha value is -2.71. The maximum atomic E-state index is 14.3. The van der Waals surface area contributed by atoms with Gasteiger partial charge in [-0.2, -0.15) is 0 Å². The molecule has 1 N–H and O–H groups in total. The van der Waals surface area contributed by atoms with Gasteiger partial charge in [-0.05, 0) is 68.7 Å². The summed E-state index contributed by atoms with van der Waals surface area (Å²) >= 11 is 0. The monoisotopic (exact) mass is 428 g/mol. The minimum Gasteiger partial charge on any atom is -0.490 e. The van der Waals surface area contributed by atoms with E-state index < -0.39 is 17.7 Å². The number of benzene rings is 2. The molecule has 0 spiro atoms. The Bertz CT molecular complexity index is 980. The van der Waals surface area contributed by atoms with Crippen molar-refractivity contribution in [3.63, 3.8) is 0 Å². The zero-order valence-electron chi connectivity index (χ0n) is 17.6. The predicted octanol–water partition coefficient (Wildman–Crippen LogP) is 6.44. The number of rotatable bonds is 6. The number of aliphatic hydroxyl groups is 1. The first kappa shape index (κ1) is 23.0. The van der Waals surface area contributed by atoms with Gasteiger partial charge in [0.05, 0.1) is 18.3 Å². The van der Waals surface area contributed by atoms with E-state index in [0.717, 1.165) is 31.2 Å². The van der Waals surface area contributed by atoms with E-state index >= 15 is 0 Å². The molecule has 0 heterocycles. The van der Waals surface area contributed by atoms with E-state index in [4.69, 9.17) is 4.74 Å². The van der Waals surface area contributed by atoms with Crippen molar-refractivity contribution in [2.45, 2.75) is 51.0 Å². The summed E-state index contributed by atoms with van der Waals surface area (Å²) in [4.78, 5) is 0. The fourth-order valence-corrected chi connectivity index (χ4v) is 3.87. The average Bonchev–Trinajstić information content (AvgIpc) is 2.76. The fraction of sp³-hybridized carbons (Fsp3) is 0.385. The molecule has 164 valence electrons. The van der Waals surface area contributed by atoms with Crippen molar-refractivity contribution >= 4 is 0 Å². The molecule has 5 heteroatoms. The lowest BCUT2D eigenvalue weighted by atomic mass is 9.79. The number of aliphatic hydroxyl groups excluding tert-OH is 1. The van der Waals surface area contributed by atoms with Gasteiger partial charge in [-0.3, -0.25) is 0 Å². The molecular formula is C26H27F3O2. The molecule has 1 saturated carbocycles. The molecular weight excluding hydrogens is 401 g/mol. The maximum Gasteiger partial charge on any atom is 0.174 e. The molecule has 2 aromatic carbocycles. The van der Waals surface area contributed by atoms with Crippen LogP contribution < -0.4 is 4.74 Å². The van der Waals surface area contributed by atoms with Gasteiger partial charge >= 0.3 is 0 Å². The molecule has 0 aliphatic heterocycles. The largest absolute Gasteiger partial charge is 0.490 e. The molecule has 3 rings (SSSR count). The third kappa shape index (κ3) is 5.71. The van der Waals surface area contributed by atoms with E-state index in [1.165, 1.54) is 19.1 Å². The van der Waals surface area contributed by atoms with Crippen LogP contribution in [0.1, 0.15) is 67.7 Å². The first-order chi connectivity index (χ1) is 14.9. The Balaban J connectivity index is 1.60. The van der Waals surface area contributed by atoms with Gasteiger partial charge in [0.25, 0.3) is 0 Å². The van der Waals surface area contributed by atoms with E-state index in [2.05, 4.69) is 18.4 Å². The molecule has 1 unspecified atom stereocenters. The summed E-state index contributed by atoms with van der Waals surface area (Å²) in [5.41, 5.74) is 0.868. The van der Waals surface area contributed by atoms with Gasteiger partial charge < -0.3 is 9.84 Å². The van der Waals surface area contributed by atoms with Gasteiger partial charge in [0.15, 0.2) is 23.2 Å². The van der Waals surface area contributed by atoms with Crippen molar-refractivity contribution in [2.24, 2.45) is 5.92 Å². The van der Waals surface area contributed by atoms with Crippen LogP contribution in [0.4, 0.5) is 13.2 Å². The molecule has 0 amide bonds. The highest BCUT2D eigenvalue weighted by atomic mass is 19.2. The molecule has 0 bridgehead atoms. The van der Waals surface area contributed by atoms with E-state index in [9.17, 15) is 18.3 Å². The summed E-state index contributed by atoms with van der Waals surface area (Å²) in [7, 11) is 0. The van der Waals surface area contributed by atoms with Crippen molar-refractivity contribution in [3.05, 3.63) is 77.1 Å². The number of ether oxygens (including phenoxy) is 1. The standard InChI is InChI=1S/C26H27F3O2/c1-3-4-15-31-24-14-12-21(16-23(24)27)19-8-5-18(6-9-19)7-10-20-11-13-22(17(2)30)26(29)25(20)28/h3,11-14,16-19,30H,1,4-6,8-9,15H2,2H3. The van der Waals surface area contributed by atoms with Crippen LogP contribution >= 0.6 is 0 Å². The van der Waals surface area contributed by atoms with Gasteiger partial charge in [-0.1, -0.05) is 30.0 Å². The van der Waals surface area contributed by atoms with Crippen molar-refractivity contribution in [3.8, 4) is 17.6 Å². The van der Waals surface area contributed by atoms with Crippen LogP contribution in [0.15, 0.2) is 43.0 Å². The van der Waals surface area contributed by atoms with Crippen LogP contribution in [0.25, 0.3) is 0 Å². The normalized spacial score (nSPS) is 19.3. The Morgan fingerprint density at radius 3 is 2.52 bits per heavy atom. The van der Waals surface area contributed by atoms with Crippen molar-refractivity contribution in [1.29, 1.82) is 0 Å². The molecule has 2 aromatic rings. The van der Waals surface area contributed by atoms with E-state index in [-0.39, 0.29) is 34.5 Å². The van der Waals surface area contributed by atoms with Crippen LogP contribution in [0.3, 0.4) is 0 Å². The topological polar surface area (TPSA) is 29.5 Å². The van der Waals surface area contributed by atoms with E-state index in [1.807, 2.05) is 6.07 Å². The summed E-state index contributed by atoms with van der Waals surface area (Å²) in [6.45, 7) is 5.40. The average molecular weight is 428 g/mol. The molecule has 1 fully saturated rings. The highest BCUT2D eigenvalue weighted by Crippen LogP contribution is 2.37. The lowest BCUT2D eigenvalue weighted by molar-refractivity contribution is 0.192. The molecule has 1 aliphatic rings. The second-order valence-electron chi connectivity index (χ2n) is 7.94. The van der Waals surface area contributed by atoms with Gasteiger partial charge in [0, 0.05) is 11.5 Å². The minimum absolute atomic E-state index is 0.00172. The Labute approximate surface area is 181 Å². The minimum atomic E-state index is -1.08. The lowest BCUT2D eigenvalue weighted by Gasteiger charge is -2.26. The number of hydrogen-bond acceptors (Lipinski definition) is 2. The Kier molecular flexibility index (Phi) is 7.81. The van der Waals surface area contributed by atoms with E-state index in [1.54, 1.807) is 18.2 Å².